The lowest BCUT2D eigenvalue weighted by Crippen LogP contribution is -2.45. The number of carboxylic acid groups (broad SMARTS) is 1. The summed E-state index contributed by atoms with van der Waals surface area (Å²) in [5, 5.41) is 19.4. The monoisotopic (exact) mass is 728 g/mol. The quantitative estimate of drug-likeness (QED) is 0.0694. The van der Waals surface area contributed by atoms with Crippen LogP contribution in [-0.4, -0.2) is 47.5 Å². The van der Waals surface area contributed by atoms with Gasteiger partial charge in [-0.1, -0.05) is 30.3 Å². The van der Waals surface area contributed by atoms with Gasteiger partial charge >= 0.3 is 11.9 Å². The fourth-order valence-electron chi connectivity index (χ4n) is 4.23. The highest BCUT2D eigenvalue weighted by Gasteiger charge is 2.32. The van der Waals surface area contributed by atoms with Crippen LogP contribution in [0.2, 0.25) is 0 Å². The van der Waals surface area contributed by atoms with Gasteiger partial charge in [-0.3, -0.25) is 4.79 Å². The Bertz CT molecular complexity index is 1630. The predicted molar refractivity (Wildman–Crippen MR) is 176 cm³/mol. The van der Waals surface area contributed by atoms with E-state index >= 15 is 0 Å². The Hall–Kier alpha value is -4.50. The number of para-hydroxylation sites is 1. The third-order valence-electron chi connectivity index (χ3n) is 6.31. The second-order valence-corrected chi connectivity index (χ2v) is 11.0. The first-order chi connectivity index (χ1) is 21.2. The number of carboxylic acids is 1. The van der Waals surface area contributed by atoms with Crippen LogP contribution in [0.15, 0.2) is 83.1 Å². The Morgan fingerprint density at radius 2 is 1.82 bits per heavy atom. The van der Waals surface area contributed by atoms with E-state index in [0.29, 0.717) is 33.4 Å². The molecular formula is C31H29IN4O7S. The van der Waals surface area contributed by atoms with Crippen molar-refractivity contribution in [2.75, 3.05) is 13.2 Å². The van der Waals surface area contributed by atoms with E-state index in [2.05, 4.69) is 43.8 Å². The van der Waals surface area contributed by atoms with Crippen molar-refractivity contribution in [3.63, 3.8) is 0 Å². The van der Waals surface area contributed by atoms with Crippen LogP contribution in [0, 0.1) is 3.57 Å². The molecule has 44 heavy (non-hydrogen) atoms. The maximum Gasteiger partial charge on any atom is 0.338 e. The zero-order valence-corrected chi connectivity index (χ0v) is 26.7. The number of allylic oxidation sites excluding steroid dienone is 1. The van der Waals surface area contributed by atoms with Crippen LogP contribution < -0.4 is 25.5 Å². The van der Waals surface area contributed by atoms with Crippen LogP contribution in [0.3, 0.4) is 0 Å². The summed E-state index contributed by atoms with van der Waals surface area (Å²) < 4.78 is 17.8. The summed E-state index contributed by atoms with van der Waals surface area (Å²) >= 11 is 7.45. The summed E-state index contributed by atoms with van der Waals surface area (Å²) in [5.74, 6) is -0.896. The Morgan fingerprint density at radius 3 is 2.52 bits per heavy atom. The van der Waals surface area contributed by atoms with Gasteiger partial charge in [-0.05, 0) is 96.2 Å². The van der Waals surface area contributed by atoms with Crippen molar-refractivity contribution < 1.29 is 33.7 Å². The highest BCUT2D eigenvalue weighted by molar-refractivity contribution is 14.1. The second kappa shape index (κ2) is 15.3. The standard InChI is InChI=1S/C31H29IN4O7S/c1-3-41-30(40)27-18(2)34-31(44)35-28(27)22-6-4-5-7-24(22)43-17-26(37)36-33-15-20-10-13-25(23(32)14-20)42-16-19-8-11-21(12-9-19)29(38)39/h4-15,28H,3,16-17H2,1-2H3,(H,36,37)(H,38,39)(H2,34,35,44)/t28-/m1/s1. The minimum absolute atomic E-state index is 0.215. The molecule has 1 amide bonds. The molecule has 13 heteroatoms. The van der Waals surface area contributed by atoms with E-state index in [0.717, 1.165) is 14.7 Å². The van der Waals surface area contributed by atoms with Crippen molar-refractivity contribution in [3.05, 3.63) is 104 Å². The lowest BCUT2D eigenvalue weighted by molar-refractivity contribution is -0.139. The van der Waals surface area contributed by atoms with Gasteiger partial charge in [0.25, 0.3) is 5.91 Å². The maximum absolute atomic E-state index is 12.7. The molecule has 0 unspecified atom stereocenters. The van der Waals surface area contributed by atoms with Crippen molar-refractivity contribution >= 4 is 64.0 Å². The summed E-state index contributed by atoms with van der Waals surface area (Å²) in [6.45, 7) is 3.65. The van der Waals surface area contributed by atoms with E-state index < -0.39 is 23.9 Å². The van der Waals surface area contributed by atoms with Gasteiger partial charge in [-0.15, -0.1) is 0 Å². The third kappa shape index (κ3) is 8.54. The normalized spacial score (nSPS) is 14.4. The number of nitrogens with one attached hydrogen (secondary N) is 3. The van der Waals surface area contributed by atoms with Crippen LogP contribution in [-0.2, 0) is 20.9 Å². The van der Waals surface area contributed by atoms with Crippen LogP contribution in [0.1, 0.15) is 46.9 Å². The van der Waals surface area contributed by atoms with Gasteiger partial charge in [0, 0.05) is 11.3 Å². The number of halogens is 1. The van der Waals surface area contributed by atoms with Gasteiger partial charge in [-0.25, -0.2) is 15.0 Å². The molecule has 1 heterocycles. The highest BCUT2D eigenvalue weighted by Crippen LogP contribution is 2.33. The van der Waals surface area contributed by atoms with Crippen molar-refractivity contribution in [2.45, 2.75) is 26.5 Å². The lowest BCUT2D eigenvalue weighted by atomic mass is 9.95. The number of hydrogen-bond acceptors (Lipinski definition) is 8. The zero-order chi connectivity index (χ0) is 31.6. The first-order valence-corrected chi connectivity index (χ1v) is 14.9. The van der Waals surface area contributed by atoms with Crippen LogP contribution in [0.5, 0.6) is 11.5 Å². The van der Waals surface area contributed by atoms with E-state index in [1.807, 2.05) is 6.07 Å². The molecule has 3 aromatic rings. The summed E-state index contributed by atoms with van der Waals surface area (Å²) in [5.41, 5.74) is 5.79. The number of esters is 1. The molecule has 0 aliphatic carbocycles. The minimum atomic E-state index is -0.979. The van der Waals surface area contributed by atoms with Gasteiger partial charge in [-0.2, -0.15) is 5.10 Å². The number of benzene rings is 3. The number of rotatable bonds is 12. The molecule has 11 nitrogen and oxygen atoms in total. The largest absolute Gasteiger partial charge is 0.488 e. The van der Waals surface area contributed by atoms with E-state index in [-0.39, 0.29) is 25.4 Å². The number of carbonyl (C=O) groups excluding carboxylic acids is 2. The SMILES string of the molecule is CCOC(=O)C1=C(C)NC(=S)N[C@@H]1c1ccccc1OCC(=O)NN=Cc1ccc(OCc2ccc(C(=O)O)cc2)c(I)c1. The molecule has 3 aromatic carbocycles. The van der Waals surface area contributed by atoms with Gasteiger partial charge in [0.15, 0.2) is 11.7 Å². The topological polar surface area (TPSA) is 148 Å². The number of aromatic carboxylic acids is 1. The minimum Gasteiger partial charge on any atom is -0.488 e. The molecule has 1 aliphatic rings. The summed E-state index contributed by atoms with van der Waals surface area (Å²) in [4.78, 5) is 36.3. The number of nitrogens with zero attached hydrogens (tertiary/aromatic N) is 1. The molecular weight excluding hydrogens is 699 g/mol. The van der Waals surface area contributed by atoms with E-state index in [1.54, 1.807) is 62.4 Å². The van der Waals surface area contributed by atoms with Crippen LogP contribution in [0.4, 0.5) is 0 Å². The van der Waals surface area contributed by atoms with Gasteiger partial charge in [0.05, 0.1) is 33.6 Å². The molecule has 0 saturated heterocycles. The molecule has 1 aliphatic heterocycles. The van der Waals surface area contributed by atoms with Crippen LogP contribution >= 0.6 is 34.8 Å². The molecule has 0 bridgehead atoms. The molecule has 0 radical (unpaired) electrons. The first-order valence-electron chi connectivity index (χ1n) is 13.4. The number of amides is 1. The van der Waals surface area contributed by atoms with Crippen molar-refractivity contribution in [1.29, 1.82) is 0 Å². The number of hydrazone groups is 1. The second-order valence-electron chi connectivity index (χ2n) is 9.39. The Morgan fingerprint density at radius 1 is 1.07 bits per heavy atom. The maximum atomic E-state index is 12.7. The smallest absolute Gasteiger partial charge is 0.338 e. The fourth-order valence-corrected chi connectivity index (χ4v) is 5.20. The van der Waals surface area contributed by atoms with Crippen molar-refractivity contribution in [1.82, 2.24) is 16.1 Å². The van der Waals surface area contributed by atoms with Gasteiger partial charge < -0.3 is 30.0 Å². The Kier molecular flexibility index (Phi) is 11.3. The van der Waals surface area contributed by atoms with Gasteiger partial charge in [0.2, 0.25) is 0 Å². The molecule has 0 spiro atoms. The third-order valence-corrected chi connectivity index (χ3v) is 7.37. The molecule has 4 N–H and O–H groups in total. The Balaban J connectivity index is 1.33. The predicted octanol–water partition coefficient (Wildman–Crippen LogP) is 4.45. The summed E-state index contributed by atoms with van der Waals surface area (Å²) in [6, 6.07) is 18.3. The number of ether oxygens (including phenoxy) is 3. The van der Waals surface area contributed by atoms with Crippen molar-refractivity contribution in [2.24, 2.45) is 5.10 Å². The van der Waals surface area contributed by atoms with E-state index in [1.165, 1.54) is 18.3 Å². The molecule has 4 rings (SSSR count). The summed E-state index contributed by atoms with van der Waals surface area (Å²) in [7, 11) is 0. The number of thiocarbonyl (C=S) groups is 1. The molecule has 228 valence electrons. The average Bonchev–Trinajstić information content (AvgIpc) is 2.99. The first kappa shape index (κ1) is 32.4. The number of hydrogen-bond donors (Lipinski definition) is 4. The molecule has 0 saturated carbocycles. The van der Waals surface area contributed by atoms with Crippen molar-refractivity contribution in [3.8, 4) is 11.5 Å². The van der Waals surface area contributed by atoms with Crippen LogP contribution in [0.25, 0.3) is 0 Å². The highest BCUT2D eigenvalue weighted by atomic mass is 127. The lowest BCUT2D eigenvalue weighted by Gasteiger charge is -2.30. The zero-order valence-electron chi connectivity index (χ0n) is 23.8. The molecule has 0 fully saturated rings. The number of carbonyl (C=O) groups is 3. The molecule has 1 atom stereocenters. The summed E-state index contributed by atoms with van der Waals surface area (Å²) in [6.07, 6.45) is 1.50. The van der Waals surface area contributed by atoms with Gasteiger partial charge in [0.1, 0.15) is 18.1 Å². The Labute approximate surface area is 272 Å². The van der Waals surface area contributed by atoms with E-state index in [9.17, 15) is 14.4 Å². The fraction of sp³-hybridized carbons (Fsp3) is 0.194. The molecule has 0 aromatic heterocycles. The average molecular weight is 729 g/mol. The van der Waals surface area contributed by atoms with E-state index in [4.69, 9.17) is 31.5 Å².